The van der Waals surface area contributed by atoms with Gasteiger partial charge in [0.15, 0.2) is 0 Å². The van der Waals surface area contributed by atoms with E-state index in [0.717, 1.165) is 28.7 Å². The van der Waals surface area contributed by atoms with Crippen LogP contribution in [0.5, 0.6) is 5.75 Å². The Kier molecular flexibility index (Phi) is 8.05. The fraction of sp³-hybridized carbons (Fsp3) is 0.333. The van der Waals surface area contributed by atoms with E-state index in [4.69, 9.17) is 9.47 Å². The number of carbonyl (C=O) groups is 2. The van der Waals surface area contributed by atoms with Crippen molar-refractivity contribution < 1.29 is 24.2 Å². The van der Waals surface area contributed by atoms with Gasteiger partial charge < -0.3 is 19.5 Å². The topological polar surface area (TPSA) is 79.3 Å². The molecular formula is C27H29BrN2O5. The lowest BCUT2D eigenvalue weighted by molar-refractivity contribution is -0.140. The Hall–Kier alpha value is -2.94. The van der Waals surface area contributed by atoms with Crippen LogP contribution in [0.3, 0.4) is 0 Å². The second-order valence-corrected chi connectivity index (χ2v) is 9.49. The van der Waals surface area contributed by atoms with E-state index in [1.165, 1.54) is 0 Å². The van der Waals surface area contributed by atoms with Crippen molar-refractivity contribution >= 4 is 33.4 Å². The zero-order chi connectivity index (χ0) is 24.9. The highest BCUT2D eigenvalue weighted by molar-refractivity contribution is 9.10. The first kappa shape index (κ1) is 25.2. The minimum atomic E-state index is -0.680. The summed E-state index contributed by atoms with van der Waals surface area (Å²) in [5.41, 5.74) is 2.09. The molecule has 184 valence electrons. The van der Waals surface area contributed by atoms with Crippen molar-refractivity contribution in [1.29, 1.82) is 0 Å². The molecule has 1 atom stereocenters. The number of nitrogens with zero attached hydrogens (tertiary/aromatic N) is 2. The van der Waals surface area contributed by atoms with Crippen molar-refractivity contribution in [3.63, 3.8) is 0 Å². The number of hydrogen-bond donors (Lipinski definition) is 1. The van der Waals surface area contributed by atoms with Gasteiger partial charge in [-0.1, -0.05) is 40.7 Å². The Morgan fingerprint density at radius 3 is 2.54 bits per heavy atom. The average Bonchev–Trinajstić information content (AvgIpc) is 3.12. The fourth-order valence-electron chi connectivity index (χ4n) is 4.47. The van der Waals surface area contributed by atoms with Crippen LogP contribution in [0.25, 0.3) is 5.76 Å². The highest BCUT2D eigenvalue weighted by atomic mass is 79.9. The van der Waals surface area contributed by atoms with Crippen LogP contribution in [0.2, 0.25) is 0 Å². The maximum Gasteiger partial charge on any atom is 0.295 e. The van der Waals surface area contributed by atoms with Gasteiger partial charge in [-0.3, -0.25) is 14.5 Å². The molecule has 2 aliphatic rings. The monoisotopic (exact) mass is 540 g/mol. The van der Waals surface area contributed by atoms with Gasteiger partial charge in [0.05, 0.1) is 24.8 Å². The SMILES string of the molecule is C=CCOc1ccc(C(O)=C2C(=O)C(=O)N(CCN3CCOCC3)[C@H]2c2ccc(Br)cc2)c(C)c1. The number of benzene rings is 2. The summed E-state index contributed by atoms with van der Waals surface area (Å²) in [6, 6.07) is 12.0. The van der Waals surface area contributed by atoms with Crippen molar-refractivity contribution in [3.8, 4) is 5.75 Å². The van der Waals surface area contributed by atoms with Crippen LogP contribution in [0.4, 0.5) is 0 Å². The molecule has 4 rings (SSSR count). The standard InChI is InChI=1S/C27H29BrN2O5/c1-3-14-35-21-8-9-22(18(2)17-21)25(31)23-24(19-4-6-20(28)7-5-19)30(27(33)26(23)32)11-10-29-12-15-34-16-13-29/h3-9,17,24,31H,1,10-16H2,2H3/t24-/m0/s1. The Balaban J connectivity index is 1.72. The molecule has 2 aromatic rings. The highest BCUT2D eigenvalue weighted by Gasteiger charge is 2.46. The molecule has 2 saturated heterocycles. The van der Waals surface area contributed by atoms with E-state index in [1.807, 2.05) is 31.2 Å². The largest absolute Gasteiger partial charge is 0.507 e. The molecule has 0 aliphatic carbocycles. The first-order chi connectivity index (χ1) is 16.9. The van der Waals surface area contributed by atoms with Crippen molar-refractivity contribution in [1.82, 2.24) is 9.80 Å². The van der Waals surface area contributed by atoms with E-state index in [9.17, 15) is 14.7 Å². The summed E-state index contributed by atoms with van der Waals surface area (Å²) in [6.45, 7) is 9.71. The number of aliphatic hydroxyl groups excluding tert-OH is 1. The molecule has 0 aromatic heterocycles. The number of likely N-dealkylation sites (tertiary alicyclic amines) is 1. The van der Waals surface area contributed by atoms with Gasteiger partial charge >= 0.3 is 0 Å². The maximum atomic E-state index is 13.3. The zero-order valence-electron chi connectivity index (χ0n) is 19.7. The van der Waals surface area contributed by atoms with E-state index in [2.05, 4.69) is 27.4 Å². The van der Waals surface area contributed by atoms with Gasteiger partial charge in [-0.25, -0.2) is 0 Å². The van der Waals surface area contributed by atoms with E-state index in [-0.39, 0.29) is 11.3 Å². The number of carbonyl (C=O) groups excluding carboxylic acids is 2. The summed E-state index contributed by atoms with van der Waals surface area (Å²) in [6.07, 6.45) is 1.65. The minimum absolute atomic E-state index is 0.0992. The van der Waals surface area contributed by atoms with Crippen LogP contribution in [0.15, 0.2) is 65.2 Å². The summed E-state index contributed by atoms with van der Waals surface area (Å²) in [7, 11) is 0. The third-order valence-corrected chi connectivity index (χ3v) is 6.84. The van der Waals surface area contributed by atoms with Gasteiger partial charge in [-0.2, -0.15) is 0 Å². The third kappa shape index (κ3) is 5.50. The first-order valence-corrected chi connectivity index (χ1v) is 12.4. The van der Waals surface area contributed by atoms with Crippen LogP contribution < -0.4 is 4.74 Å². The second kappa shape index (κ2) is 11.2. The average molecular weight is 541 g/mol. The summed E-state index contributed by atoms with van der Waals surface area (Å²) < 4.78 is 11.9. The first-order valence-electron chi connectivity index (χ1n) is 11.6. The number of aliphatic hydroxyl groups is 1. The highest BCUT2D eigenvalue weighted by Crippen LogP contribution is 2.40. The third-order valence-electron chi connectivity index (χ3n) is 6.31. The molecule has 2 fully saturated rings. The van der Waals surface area contributed by atoms with Gasteiger partial charge in [-0.15, -0.1) is 0 Å². The van der Waals surface area contributed by atoms with E-state index >= 15 is 0 Å². The molecule has 0 bridgehead atoms. The molecular weight excluding hydrogens is 512 g/mol. The Bertz CT molecular complexity index is 1140. The molecule has 2 aromatic carbocycles. The molecule has 0 radical (unpaired) electrons. The number of halogens is 1. The van der Waals surface area contributed by atoms with Crippen LogP contribution in [0.1, 0.15) is 22.7 Å². The molecule has 0 unspecified atom stereocenters. The number of Topliss-reactive ketones (excluding diaryl/α,β-unsaturated/α-hetero) is 1. The number of hydrogen-bond acceptors (Lipinski definition) is 6. The molecule has 0 spiro atoms. The minimum Gasteiger partial charge on any atom is -0.507 e. The molecule has 8 heteroatoms. The summed E-state index contributed by atoms with van der Waals surface area (Å²) in [4.78, 5) is 30.2. The van der Waals surface area contributed by atoms with Gasteiger partial charge in [0, 0.05) is 36.2 Å². The molecule has 7 nitrogen and oxygen atoms in total. The molecule has 35 heavy (non-hydrogen) atoms. The van der Waals surface area contributed by atoms with Gasteiger partial charge in [-0.05, 0) is 48.4 Å². The van der Waals surface area contributed by atoms with Crippen LogP contribution in [0, 0.1) is 6.92 Å². The van der Waals surface area contributed by atoms with Crippen LogP contribution in [-0.4, -0.2) is 72.6 Å². The molecule has 1 N–H and O–H groups in total. The fourth-order valence-corrected chi connectivity index (χ4v) is 4.73. The van der Waals surface area contributed by atoms with Crippen LogP contribution >= 0.6 is 15.9 Å². The Morgan fingerprint density at radius 2 is 1.89 bits per heavy atom. The number of ether oxygens (including phenoxy) is 2. The lowest BCUT2D eigenvalue weighted by atomic mass is 9.94. The summed E-state index contributed by atoms with van der Waals surface area (Å²) in [5, 5.41) is 11.4. The lowest BCUT2D eigenvalue weighted by Gasteiger charge is -2.31. The lowest BCUT2D eigenvalue weighted by Crippen LogP contribution is -2.42. The molecule has 2 heterocycles. The summed E-state index contributed by atoms with van der Waals surface area (Å²) >= 11 is 3.45. The Morgan fingerprint density at radius 1 is 1.17 bits per heavy atom. The van der Waals surface area contributed by atoms with E-state index in [1.54, 1.807) is 29.2 Å². The second-order valence-electron chi connectivity index (χ2n) is 8.57. The van der Waals surface area contributed by atoms with Crippen molar-refractivity contribution in [2.75, 3.05) is 46.0 Å². The number of aryl methyl sites for hydroxylation is 1. The van der Waals surface area contributed by atoms with E-state index in [0.29, 0.717) is 44.2 Å². The van der Waals surface area contributed by atoms with Crippen molar-refractivity contribution in [3.05, 3.63) is 81.9 Å². The molecule has 2 aliphatic heterocycles. The van der Waals surface area contributed by atoms with E-state index < -0.39 is 17.7 Å². The Labute approximate surface area is 213 Å². The zero-order valence-corrected chi connectivity index (χ0v) is 21.3. The van der Waals surface area contributed by atoms with Crippen LogP contribution in [-0.2, 0) is 14.3 Å². The number of morpholine rings is 1. The number of rotatable bonds is 8. The van der Waals surface area contributed by atoms with Crippen molar-refractivity contribution in [2.45, 2.75) is 13.0 Å². The predicted octanol–water partition coefficient (Wildman–Crippen LogP) is 4.08. The van der Waals surface area contributed by atoms with Crippen molar-refractivity contribution in [2.24, 2.45) is 0 Å². The molecule has 0 saturated carbocycles. The maximum absolute atomic E-state index is 13.3. The summed E-state index contributed by atoms with van der Waals surface area (Å²) in [5.74, 6) is -0.826. The smallest absolute Gasteiger partial charge is 0.295 e. The quantitative estimate of drug-likeness (QED) is 0.235. The normalized spacial score (nSPS) is 20.3. The number of ketones is 1. The predicted molar refractivity (Wildman–Crippen MR) is 137 cm³/mol. The number of amides is 1. The van der Waals surface area contributed by atoms with Gasteiger partial charge in [0.1, 0.15) is 18.1 Å². The van der Waals surface area contributed by atoms with Gasteiger partial charge in [0.25, 0.3) is 11.7 Å². The molecule has 1 amide bonds. The van der Waals surface area contributed by atoms with Gasteiger partial charge in [0.2, 0.25) is 0 Å².